The Morgan fingerprint density at radius 3 is 2.85 bits per heavy atom. The number of rotatable bonds is 4. The van der Waals surface area contributed by atoms with Crippen LogP contribution in [0.4, 0.5) is 0 Å². The Hall–Kier alpha value is -2.40. The van der Waals surface area contributed by atoms with Crippen molar-refractivity contribution in [3.63, 3.8) is 0 Å². The van der Waals surface area contributed by atoms with Gasteiger partial charge in [-0.25, -0.2) is 4.98 Å². The number of hydrogen-bond acceptors (Lipinski definition) is 4. The van der Waals surface area contributed by atoms with E-state index in [-0.39, 0.29) is 0 Å². The number of ether oxygens (including phenoxy) is 1. The third-order valence-corrected chi connectivity index (χ3v) is 3.00. The number of aromatic nitrogens is 3. The molecule has 2 aromatic heterocycles. The molecule has 0 atom stereocenters. The summed E-state index contributed by atoms with van der Waals surface area (Å²) in [5.74, 6) is 1.11. The Bertz CT molecular complexity index is 736. The summed E-state index contributed by atoms with van der Waals surface area (Å²) >= 11 is 0. The van der Waals surface area contributed by atoms with Crippen molar-refractivity contribution in [2.45, 2.75) is 13.5 Å². The van der Waals surface area contributed by atoms with Crippen LogP contribution < -0.4 is 10.1 Å². The maximum atomic E-state index is 5.82. The van der Waals surface area contributed by atoms with Crippen LogP contribution in [0, 0.1) is 6.92 Å². The molecule has 2 heterocycles. The van der Waals surface area contributed by atoms with E-state index >= 15 is 0 Å². The molecule has 0 radical (unpaired) electrons. The largest absolute Gasteiger partial charge is 0.418 e. The first-order valence-corrected chi connectivity index (χ1v) is 6.49. The van der Waals surface area contributed by atoms with E-state index in [1.54, 1.807) is 0 Å². The van der Waals surface area contributed by atoms with Crippen molar-refractivity contribution >= 4 is 10.8 Å². The Morgan fingerprint density at radius 2 is 2.10 bits per heavy atom. The van der Waals surface area contributed by atoms with Gasteiger partial charge in [0.25, 0.3) is 0 Å². The zero-order valence-corrected chi connectivity index (χ0v) is 11.5. The van der Waals surface area contributed by atoms with E-state index in [2.05, 4.69) is 32.6 Å². The SMILES string of the molecule is CNCc1cc2ccccc2c(Oc2cc(C)[nH]n2)n1. The molecular weight excluding hydrogens is 252 g/mol. The Kier molecular flexibility index (Phi) is 3.35. The van der Waals surface area contributed by atoms with Crippen molar-refractivity contribution in [3.8, 4) is 11.8 Å². The molecule has 0 saturated heterocycles. The van der Waals surface area contributed by atoms with Crippen LogP contribution in [0.15, 0.2) is 36.4 Å². The zero-order chi connectivity index (χ0) is 13.9. The van der Waals surface area contributed by atoms with Gasteiger partial charge in [0.1, 0.15) is 0 Å². The quantitative estimate of drug-likeness (QED) is 0.763. The highest BCUT2D eigenvalue weighted by molar-refractivity contribution is 5.87. The molecule has 5 heteroatoms. The second-order valence-corrected chi connectivity index (χ2v) is 4.66. The minimum atomic E-state index is 0.529. The van der Waals surface area contributed by atoms with E-state index in [0.717, 1.165) is 22.2 Å². The molecule has 3 rings (SSSR count). The molecule has 0 aliphatic heterocycles. The average Bonchev–Trinajstić information content (AvgIpc) is 2.85. The molecule has 0 amide bonds. The highest BCUT2D eigenvalue weighted by atomic mass is 16.5. The maximum absolute atomic E-state index is 5.82. The summed E-state index contributed by atoms with van der Waals surface area (Å²) in [5, 5.41) is 12.1. The third-order valence-electron chi connectivity index (χ3n) is 3.00. The van der Waals surface area contributed by atoms with Crippen LogP contribution in [-0.2, 0) is 6.54 Å². The molecule has 5 nitrogen and oxygen atoms in total. The van der Waals surface area contributed by atoms with Gasteiger partial charge >= 0.3 is 0 Å². The third kappa shape index (κ3) is 2.48. The predicted molar refractivity (Wildman–Crippen MR) is 77.9 cm³/mol. The van der Waals surface area contributed by atoms with Crippen LogP contribution >= 0.6 is 0 Å². The van der Waals surface area contributed by atoms with Gasteiger partial charge < -0.3 is 10.1 Å². The maximum Gasteiger partial charge on any atom is 0.240 e. The highest BCUT2D eigenvalue weighted by Gasteiger charge is 2.09. The number of hydrogen-bond donors (Lipinski definition) is 2. The van der Waals surface area contributed by atoms with Gasteiger partial charge in [0, 0.05) is 23.7 Å². The first-order valence-electron chi connectivity index (χ1n) is 6.49. The van der Waals surface area contributed by atoms with Crippen LogP contribution in [0.2, 0.25) is 0 Å². The van der Waals surface area contributed by atoms with Gasteiger partial charge in [0.2, 0.25) is 11.8 Å². The van der Waals surface area contributed by atoms with Gasteiger partial charge in [-0.3, -0.25) is 5.10 Å². The summed E-state index contributed by atoms with van der Waals surface area (Å²) in [6.45, 7) is 2.63. The predicted octanol–water partition coefficient (Wildman–Crippen LogP) is 2.78. The number of nitrogens with one attached hydrogen (secondary N) is 2. The fraction of sp³-hybridized carbons (Fsp3) is 0.200. The van der Waals surface area contributed by atoms with Crippen LogP contribution in [0.1, 0.15) is 11.4 Å². The van der Waals surface area contributed by atoms with Crippen LogP contribution in [0.5, 0.6) is 11.8 Å². The molecule has 0 aliphatic rings. The van der Waals surface area contributed by atoms with Crippen LogP contribution in [0.25, 0.3) is 10.8 Å². The van der Waals surface area contributed by atoms with E-state index < -0.39 is 0 Å². The molecular formula is C15H16N4O. The lowest BCUT2D eigenvalue weighted by atomic mass is 10.1. The van der Waals surface area contributed by atoms with E-state index in [1.807, 2.05) is 38.2 Å². The van der Waals surface area contributed by atoms with Crippen molar-refractivity contribution in [1.29, 1.82) is 0 Å². The summed E-state index contributed by atoms with van der Waals surface area (Å²) in [6.07, 6.45) is 0. The molecule has 0 fully saturated rings. The lowest BCUT2D eigenvalue weighted by Gasteiger charge is -2.08. The van der Waals surface area contributed by atoms with Crippen molar-refractivity contribution in [2.24, 2.45) is 0 Å². The topological polar surface area (TPSA) is 62.8 Å². The van der Waals surface area contributed by atoms with E-state index in [4.69, 9.17) is 4.74 Å². The first-order chi connectivity index (χ1) is 9.76. The van der Waals surface area contributed by atoms with E-state index in [9.17, 15) is 0 Å². The van der Waals surface area contributed by atoms with Gasteiger partial charge in [-0.05, 0) is 31.5 Å². The minimum absolute atomic E-state index is 0.529. The Labute approximate surface area is 117 Å². The number of pyridine rings is 1. The number of aromatic amines is 1. The number of fused-ring (bicyclic) bond motifs is 1. The fourth-order valence-corrected chi connectivity index (χ4v) is 2.11. The molecule has 3 aromatic rings. The first kappa shape index (κ1) is 12.6. The van der Waals surface area contributed by atoms with Crippen molar-refractivity contribution in [2.75, 3.05) is 7.05 Å². The molecule has 2 N–H and O–H groups in total. The van der Waals surface area contributed by atoms with Crippen molar-refractivity contribution in [3.05, 3.63) is 47.8 Å². The minimum Gasteiger partial charge on any atom is -0.418 e. The van der Waals surface area contributed by atoms with Gasteiger partial charge in [-0.1, -0.05) is 18.2 Å². The second kappa shape index (κ2) is 5.30. The monoisotopic (exact) mass is 268 g/mol. The average molecular weight is 268 g/mol. The lowest BCUT2D eigenvalue weighted by molar-refractivity contribution is 0.447. The zero-order valence-electron chi connectivity index (χ0n) is 11.5. The number of H-pyrrole nitrogens is 1. The summed E-state index contributed by atoms with van der Waals surface area (Å²) < 4.78 is 5.82. The number of benzene rings is 1. The highest BCUT2D eigenvalue weighted by Crippen LogP contribution is 2.28. The molecule has 0 aliphatic carbocycles. The standard InChI is InChI=1S/C15H16N4O/c1-10-7-14(19-18-10)20-15-13-6-4-3-5-11(13)8-12(17-15)9-16-2/h3-8,16H,9H2,1-2H3,(H,18,19). The van der Waals surface area contributed by atoms with Gasteiger partial charge in [0.05, 0.1) is 5.69 Å². The van der Waals surface area contributed by atoms with E-state index in [0.29, 0.717) is 18.3 Å². The Morgan fingerprint density at radius 1 is 1.25 bits per heavy atom. The summed E-state index contributed by atoms with van der Waals surface area (Å²) in [7, 11) is 1.90. The van der Waals surface area contributed by atoms with E-state index in [1.165, 1.54) is 0 Å². The summed E-state index contributed by atoms with van der Waals surface area (Å²) in [4.78, 5) is 4.56. The van der Waals surface area contributed by atoms with Gasteiger partial charge in [-0.2, -0.15) is 0 Å². The second-order valence-electron chi connectivity index (χ2n) is 4.66. The van der Waals surface area contributed by atoms with Crippen molar-refractivity contribution < 1.29 is 4.74 Å². The van der Waals surface area contributed by atoms with Crippen LogP contribution in [-0.4, -0.2) is 22.2 Å². The fourth-order valence-electron chi connectivity index (χ4n) is 2.11. The van der Waals surface area contributed by atoms with Gasteiger partial charge in [0.15, 0.2) is 0 Å². The van der Waals surface area contributed by atoms with Gasteiger partial charge in [-0.15, -0.1) is 5.10 Å². The summed E-state index contributed by atoms with van der Waals surface area (Å²) in [5.41, 5.74) is 1.89. The molecule has 1 aromatic carbocycles. The Balaban J connectivity index is 2.06. The number of nitrogens with zero attached hydrogens (tertiary/aromatic N) is 2. The summed E-state index contributed by atoms with van der Waals surface area (Å²) in [6, 6.07) is 12.0. The number of aryl methyl sites for hydroxylation is 1. The molecule has 0 unspecified atom stereocenters. The molecule has 0 saturated carbocycles. The lowest BCUT2D eigenvalue weighted by Crippen LogP contribution is -2.07. The molecule has 0 bridgehead atoms. The molecule has 102 valence electrons. The normalized spacial score (nSPS) is 10.9. The van der Waals surface area contributed by atoms with Crippen molar-refractivity contribution in [1.82, 2.24) is 20.5 Å². The smallest absolute Gasteiger partial charge is 0.240 e. The molecule has 20 heavy (non-hydrogen) atoms. The van der Waals surface area contributed by atoms with Crippen LogP contribution in [0.3, 0.4) is 0 Å². The molecule has 0 spiro atoms.